The number of hydrogen-bond donors (Lipinski definition) is 2. The highest BCUT2D eigenvalue weighted by atomic mass is 32.1. The molecule has 1 unspecified atom stereocenters. The third-order valence-electron chi connectivity index (χ3n) is 6.42. The van der Waals surface area contributed by atoms with Crippen LogP contribution in [0, 0.1) is 5.92 Å². The van der Waals surface area contributed by atoms with Crippen molar-refractivity contribution in [2.45, 2.75) is 58.8 Å². The number of pyridine rings is 1. The molecule has 0 bridgehead atoms. The number of hydrogen-bond acceptors (Lipinski definition) is 7. The van der Waals surface area contributed by atoms with Crippen LogP contribution in [0.5, 0.6) is 0 Å². The van der Waals surface area contributed by atoms with Crippen molar-refractivity contribution in [1.82, 2.24) is 4.98 Å². The molecule has 3 aromatic heterocycles. The Morgan fingerprint density at radius 3 is 2.88 bits per heavy atom. The highest BCUT2D eigenvalue weighted by Crippen LogP contribution is 2.40. The van der Waals surface area contributed by atoms with E-state index >= 15 is 0 Å². The molecule has 2 aliphatic carbocycles. The molecule has 0 saturated heterocycles. The van der Waals surface area contributed by atoms with Crippen LogP contribution in [0.2, 0.25) is 0 Å². The van der Waals surface area contributed by atoms with Crippen LogP contribution in [0.4, 0.5) is 10.7 Å². The topological polar surface area (TPSA) is 94.3 Å². The number of amides is 1. The molecule has 0 aliphatic heterocycles. The van der Waals surface area contributed by atoms with Crippen molar-refractivity contribution in [2.24, 2.45) is 5.92 Å². The summed E-state index contributed by atoms with van der Waals surface area (Å²) >= 11 is 2.81. The second-order valence-electron chi connectivity index (χ2n) is 8.73. The van der Waals surface area contributed by atoms with Crippen molar-refractivity contribution in [3.05, 3.63) is 38.2 Å². The number of thiophene rings is 2. The summed E-state index contributed by atoms with van der Waals surface area (Å²) in [6, 6.07) is 2.11. The van der Waals surface area contributed by atoms with E-state index < -0.39 is 0 Å². The second kappa shape index (κ2) is 8.48. The van der Waals surface area contributed by atoms with Crippen molar-refractivity contribution in [2.75, 3.05) is 17.7 Å². The zero-order valence-corrected chi connectivity index (χ0v) is 20.0. The monoisotopic (exact) mass is 469 g/mol. The van der Waals surface area contributed by atoms with Crippen LogP contribution in [-0.2, 0) is 30.4 Å². The standard InChI is InChI=1S/C24H27N3O3S2/c1-3-30-24(29)18-14-6-4-5-7-17(14)31-23(18)27-21(28)20-19(25)15-11-13-10-12(2)8-9-16(13)26-22(15)32-20/h11-12H,3-10,25H2,1-2H3,(H,27,28). The molecule has 2 aliphatic rings. The maximum absolute atomic E-state index is 13.3. The Bertz CT molecular complexity index is 1230. The molecule has 3 aromatic rings. The molecule has 8 heteroatoms. The molecule has 6 nitrogen and oxygen atoms in total. The van der Waals surface area contributed by atoms with Crippen molar-refractivity contribution < 1.29 is 14.3 Å². The first-order chi connectivity index (χ1) is 15.5. The van der Waals surface area contributed by atoms with Gasteiger partial charge in [0.05, 0.1) is 17.9 Å². The summed E-state index contributed by atoms with van der Waals surface area (Å²) in [7, 11) is 0. The number of nitrogens with two attached hydrogens (primary N) is 1. The number of carbonyl (C=O) groups excluding carboxylic acids is 2. The van der Waals surface area contributed by atoms with Crippen LogP contribution in [0.1, 0.15) is 74.8 Å². The molecule has 168 valence electrons. The summed E-state index contributed by atoms with van der Waals surface area (Å²) in [5.41, 5.74) is 10.8. The number of nitrogen functional groups attached to an aromatic ring is 1. The van der Waals surface area contributed by atoms with Crippen LogP contribution in [-0.4, -0.2) is 23.5 Å². The molecule has 1 amide bonds. The molecule has 0 spiro atoms. The van der Waals surface area contributed by atoms with E-state index in [1.54, 1.807) is 6.92 Å². The Labute approximate surface area is 195 Å². The van der Waals surface area contributed by atoms with E-state index in [1.165, 1.54) is 33.1 Å². The Kier molecular flexibility index (Phi) is 5.67. The van der Waals surface area contributed by atoms with Crippen molar-refractivity contribution in [3.8, 4) is 0 Å². The number of aryl methyl sites for hydroxylation is 2. The third-order valence-corrected chi connectivity index (χ3v) is 8.74. The quantitative estimate of drug-likeness (QED) is 0.501. The average molecular weight is 470 g/mol. The lowest BCUT2D eigenvalue weighted by molar-refractivity contribution is 0.0526. The minimum atomic E-state index is -0.366. The number of nitrogens with zero attached hydrogens (tertiary/aromatic N) is 1. The molecule has 0 aromatic carbocycles. The molecule has 32 heavy (non-hydrogen) atoms. The first-order valence-electron chi connectivity index (χ1n) is 11.3. The van der Waals surface area contributed by atoms with Gasteiger partial charge in [0.15, 0.2) is 0 Å². The molecule has 0 fully saturated rings. The summed E-state index contributed by atoms with van der Waals surface area (Å²) in [5, 5.41) is 4.40. The highest BCUT2D eigenvalue weighted by Gasteiger charge is 2.29. The van der Waals surface area contributed by atoms with Gasteiger partial charge in [-0.3, -0.25) is 4.79 Å². The van der Waals surface area contributed by atoms with Crippen LogP contribution in [0.3, 0.4) is 0 Å². The summed E-state index contributed by atoms with van der Waals surface area (Å²) in [6.07, 6.45) is 7.02. The van der Waals surface area contributed by atoms with Crippen LogP contribution >= 0.6 is 22.7 Å². The maximum Gasteiger partial charge on any atom is 0.341 e. The highest BCUT2D eigenvalue weighted by molar-refractivity contribution is 7.21. The lowest BCUT2D eigenvalue weighted by atomic mass is 9.87. The number of nitrogens with one attached hydrogen (secondary N) is 1. The van der Waals surface area contributed by atoms with Gasteiger partial charge in [0, 0.05) is 16.0 Å². The summed E-state index contributed by atoms with van der Waals surface area (Å²) in [4.78, 5) is 33.2. The lowest BCUT2D eigenvalue weighted by Gasteiger charge is -2.20. The predicted octanol–water partition coefficient (Wildman–Crippen LogP) is 5.37. The summed E-state index contributed by atoms with van der Waals surface area (Å²) in [6.45, 7) is 4.35. The Balaban J connectivity index is 1.50. The van der Waals surface area contributed by atoms with Crippen molar-refractivity contribution >= 4 is 55.5 Å². The predicted molar refractivity (Wildman–Crippen MR) is 130 cm³/mol. The number of aromatic nitrogens is 1. The molecule has 5 rings (SSSR count). The van der Waals surface area contributed by atoms with Gasteiger partial charge in [-0.2, -0.15) is 0 Å². The number of fused-ring (bicyclic) bond motifs is 3. The second-order valence-corrected chi connectivity index (χ2v) is 10.8. The lowest BCUT2D eigenvalue weighted by Crippen LogP contribution is -2.15. The zero-order chi connectivity index (χ0) is 22.4. The van der Waals surface area contributed by atoms with Crippen LogP contribution in [0.25, 0.3) is 10.2 Å². The smallest absolute Gasteiger partial charge is 0.341 e. The fourth-order valence-electron chi connectivity index (χ4n) is 4.77. The van der Waals surface area contributed by atoms with Gasteiger partial charge in [0.25, 0.3) is 5.91 Å². The number of rotatable bonds is 4. The molecule has 0 radical (unpaired) electrons. The van der Waals surface area contributed by atoms with Gasteiger partial charge in [0.1, 0.15) is 14.7 Å². The van der Waals surface area contributed by atoms with E-state index in [4.69, 9.17) is 15.5 Å². The minimum absolute atomic E-state index is 0.291. The summed E-state index contributed by atoms with van der Waals surface area (Å²) in [5.74, 6) is -0.0218. The van der Waals surface area contributed by atoms with Gasteiger partial charge in [-0.1, -0.05) is 6.92 Å². The van der Waals surface area contributed by atoms with E-state index in [9.17, 15) is 9.59 Å². The Morgan fingerprint density at radius 2 is 2.06 bits per heavy atom. The molecular weight excluding hydrogens is 442 g/mol. The maximum atomic E-state index is 13.3. The number of anilines is 2. The van der Waals surface area contributed by atoms with Gasteiger partial charge in [-0.15, -0.1) is 22.7 Å². The first kappa shape index (κ1) is 21.4. The Morgan fingerprint density at radius 1 is 1.25 bits per heavy atom. The minimum Gasteiger partial charge on any atom is -0.462 e. The number of ether oxygens (including phenoxy) is 1. The molecule has 3 N–H and O–H groups in total. The normalized spacial score (nSPS) is 17.6. The number of carbonyl (C=O) groups is 2. The average Bonchev–Trinajstić information content (AvgIpc) is 3.29. The largest absolute Gasteiger partial charge is 0.462 e. The fourth-order valence-corrected chi connectivity index (χ4v) is 7.04. The molecule has 1 atom stereocenters. The molecule has 3 heterocycles. The van der Waals surface area contributed by atoms with Gasteiger partial charge in [0.2, 0.25) is 0 Å². The van der Waals surface area contributed by atoms with Crippen molar-refractivity contribution in [3.63, 3.8) is 0 Å². The van der Waals surface area contributed by atoms with Gasteiger partial charge >= 0.3 is 5.97 Å². The van der Waals surface area contributed by atoms with Crippen molar-refractivity contribution in [1.29, 1.82) is 0 Å². The Hall–Kier alpha value is -2.45. The van der Waals surface area contributed by atoms with Gasteiger partial charge < -0.3 is 15.8 Å². The van der Waals surface area contributed by atoms with Gasteiger partial charge in [-0.25, -0.2) is 9.78 Å². The fraction of sp³-hybridized carbons (Fsp3) is 0.458. The van der Waals surface area contributed by atoms with E-state index in [0.717, 1.165) is 66.4 Å². The van der Waals surface area contributed by atoms with Crippen LogP contribution < -0.4 is 11.1 Å². The number of esters is 1. The summed E-state index contributed by atoms with van der Waals surface area (Å²) < 4.78 is 5.30. The van der Waals surface area contributed by atoms with E-state index in [2.05, 4.69) is 18.3 Å². The van der Waals surface area contributed by atoms with E-state index in [-0.39, 0.29) is 11.9 Å². The molecule has 0 saturated carbocycles. The SMILES string of the molecule is CCOC(=O)c1c(NC(=O)c2sc3nc4c(cc3c2N)CC(C)CC4)sc2c1CCCC2. The molecular formula is C24H27N3O3S2. The van der Waals surface area contributed by atoms with E-state index in [1.807, 2.05) is 0 Å². The van der Waals surface area contributed by atoms with Crippen LogP contribution in [0.15, 0.2) is 6.07 Å². The first-order valence-corrected chi connectivity index (χ1v) is 12.9. The van der Waals surface area contributed by atoms with Gasteiger partial charge in [-0.05, 0) is 75.0 Å². The third kappa shape index (κ3) is 3.69. The van der Waals surface area contributed by atoms with E-state index in [0.29, 0.717) is 33.7 Å². The zero-order valence-electron chi connectivity index (χ0n) is 18.4.